The molecule has 1 N–H and O–H groups in total. The highest BCUT2D eigenvalue weighted by Gasteiger charge is 2.26. The predicted octanol–water partition coefficient (Wildman–Crippen LogP) is 2.31. The Hall–Kier alpha value is -0.710. The van der Waals surface area contributed by atoms with Crippen molar-refractivity contribution < 1.29 is 19.4 Å². The second-order valence-electron chi connectivity index (χ2n) is 3.40. The standard InChI is InChI=1S/C11H20O4S/c1-4-7-9(11(14)15-6-3)16-8(5-2)10(12)13/h8-9H,4-7H2,1-3H3,(H,12,13). The van der Waals surface area contributed by atoms with E-state index in [2.05, 4.69) is 0 Å². The number of aliphatic carboxylic acids is 1. The quantitative estimate of drug-likeness (QED) is 0.668. The number of hydrogen-bond acceptors (Lipinski definition) is 4. The minimum atomic E-state index is -0.863. The van der Waals surface area contributed by atoms with Gasteiger partial charge < -0.3 is 9.84 Å². The molecule has 0 saturated carbocycles. The van der Waals surface area contributed by atoms with E-state index in [9.17, 15) is 9.59 Å². The smallest absolute Gasteiger partial charge is 0.319 e. The van der Waals surface area contributed by atoms with E-state index in [1.165, 1.54) is 11.8 Å². The fourth-order valence-electron chi connectivity index (χ4n) is 1.27. The van der Waals surface area contributed by atoms with Crippen molar-refractivity contribution in [3.63, 3.8) is 0 Å². The van der Waals surface area contributed by atoms with Gasteiger partial charge in [-0.1, -0.05) is 20.3 Å². The van der Waals surface area contributed by atoms with Crippen LogP contribution in [0.25, 0.3) is 0 Å². The number of carboxylic acids is 1. The molecule has 2 unspecified atom stereocenters. The molecule has 0 aliphatic rings. The van der Waals surface area contributed by atoms with Gasteiger partial charge in [-0.15, -0.1) is 11.8 Å². The lowest BCUT2D eigenvalue weighted by Crippen LogP contribution is -2.26. The molecule has 0 aromatic rings. The lowest BCUT2D eigenvalue weighted by atomic mass is 10.2. The zero-order valence-electron chi connectivity index (χ0n) is 10.1. The maximum atomic E-state index is 11.6. The van der Waals surface area contributed by atoms with E-state index in [1.807, 2.05) is 6.92 Å². The fourth-order valence-corrected chi connectivity index (χ4v) is 2.52. The molecule has 0 bridgehead atoms. The normalized spacial score (nSPS) is 14.2. The molecule has 0 aliphatic carbocycles. The van der Waals surface area contributed by atoms with Crippen LogP contribution in [0, 0.1) is 0 Å². The first-order valence-electron chi connectivity index (χ1n) is 5.61. The minimum absolute atomic E-state index is 0.297. The highest BCUT2D eigenvalue weighted by atomic mass is 32.2. The van der Waals surface area contributed by atoms with Crippen molar-refractivity contribution in [1.29, 1.82) is 0 Å². The topological polar surface area (TPSA) is 63.6 Å². The molecule has 94 valence electrons. The number of carbonyl (C=O) groups excluding carboxylic acids is 1. The van der Waals surface area contributed by atoms with E-state index in [-0.39, 0.29) is 11.2 Å². The maximum absolute atomic E-state index is 11.6. The Morgan fingerprint density at radius 2 is 1.88 bits per heavy atom. The molecule has 0 rings (SSSR count). The van der Waals surface area contributed by atoms with Gasteiger partial charge in [0.25, 0.3) is 0 Å². The van der Waals surface area contributed by atoms with Crippen molar-refractivity contribution in [2.45, 2.75) is 50.5 Å². The summed E-state index contributed by atoms with van der Waals surface area (Å²) in [7, 11) is 0. The molecule has 0 spiro atoms. The van der Waals surface area contributed by atoms with Gasteiger partial charge in [0.1, 0.15) is 10.5 Å². The summed E-state index contributed by atoms with van der Waals surface area (Å²) < 4.78 is 4.93. The first-order chi connectivity index (χ1) is 7.56. The van der Waals surface area contributed by atoms with Gasteiger partial charge in [-0.25, -0.2) is 0 Å². The number of carboxylic acid groups (broad SMARTS) is 1. The van der Waals surface area contributed by atoms with Crippen LogP contribution >= 0.6 is 11.8 Å². The first kappa shape index (κ1) is 15.3. The molecular weight excluding hydrogens is 228 g/mol. The molecule has 0 amide bonds. The molecule has 0 fully saturated rings. The Morgan fingerprint density at radius 1 is 1.25 bits per heavy atom. The summed E-state index contributed by atoms with van der Waals surface area (Å²) in [5.74, 6) is -1.16. The van der Waals surface area contributed by atoms with E-state index in [0.29, 0.717) is 19.4 Å². The summed E-state index contributed by atoms with van der Waals surface area (Å²) >= 11 is 1.20. The summed E-state index contributed by atoms with van der Waals surface area (Å²) in [6.07, 6.45) is 2.01. The molecule has 2 atom stereocenters. The van der Waals surface area contributed by atoms with E-state index in [1.54, 1.807) is 13.8 Å². The Balaban J connectivity index is 4.41. The SMILES string of the molecule is CCCC(SC(CC)C(=O)O)C(=O)OCC. The zero-order chi connectivity index (χ0) is 12.6. The molecule has 0 aliphatic heterocycles. The summed E-state index contributed by atoms with van der Waals surface area (Å²) in [6.45, 7) is 5.86. The molecule has 0 heterocycles. The van der Waals surface area contributed by atoms with Crippen molar-refractivity contribution in [2.24, 2.45) is 0 Å². The lowest BCUT2D eigenvalue weighted by molar-refractivity contribution is -0.142. The molecule has 0 radical (unpaired) electrons. The third kappa shape index (κ3) is 5.39. The van der Waals surface area contributed by atoms with Gasteiger partial charge in [0.05, 0.1) is 6.61 Å². The van der Waals surface area contributed by atoms with Crippen molar-refractivity contribution >= 4 is 23.7 Å². The van der Waals surface area contributed by atoms with Crippen LogP contribution in [0.3, 0.4) is 0 Å². The Bertz CT molecular complexity index is 230. The number of thioether (sulfide) groups is 1. The summed E-state index contributed by atoms with van der Waals surface area (Å²) in [6, 6.07) is 0. The lowest BCUT2D eigenvalue weighted by Gasteiger charge is -2.18. The fraction of sp³-hybridized carbons (Fsp3) is 0.818. The average molecular weight is 248 g/mol. The van der Waals surface area contributed by atoms with Crippen LogP contribution in [0.1, 0.15) is 40.0 Å². The molecule has 0 aromatic heterocycles. The summed E-state index contributed by atoms with van der Waals surface area (Å²) in [5.41, 5.74) is 0. The van der Waals surface area contributed by atoms with Crippen LogP contribution < -0.4 is 0 Å². The van der Waals surface area contributed by atoms with Crippen molar-refractivity contribution in [3.05, 3.63) is 0 Å². The highest BCUT2D eigenvalue weighted by molar-refractivity contribution is 8.01. The average Bonchev–Trinajstić information content (AvgIpc) is 2.23. The van der Waals surface area contributed by atoms with E-state index >= 15 is 0 Å². The van der Waals surface area contributed by atoms with E-state index in [0.717, 1.165) is 6.42 Å². The van der Waals surface area contributed by atoms with Crippen molar-refractivity contribution in [1.82, 2.24) is 0 Å². The molecule has 4 nitrogen and oxygen atoms in total. The van der Waals surface area contributed by atoms with Crippen LogP contribution in [-0.2, 0) is 14.3 Å². The van der Waals surface area contributed by atoms with Crippen LogP contribution in [0.4, 0.5) is 0 Å². The van der Waals surface area contributed by atoms with Crippen LogP contribution in [0.2, 0.25) is 0 Å². The number of ether oxygens (including phenoxy) is 1. The summed E-state index contributed by atoms with van der Waals surface area (Å²) in [5, 5.41) is 8.05. The maximum Gasteiger partial charge on any atom is 0.319 e. The second kappa shape index (κ2) is 8.44. The third-order valence-electron chi connectivity index (χ3n) is 2.08. The predicted molar refractivity (Wildman–Crippen MR) is 64.6 cm³/mol. The summed E-state index contributed by atoms with van der Waals surface area (Å²) in [4.78, 5) is 22.4. The van der Waals surface area contributed by atoms with Gasteiger partial charge in [0.2, 0.25) is 0 Å². The Kier molecular flexibility index (Phi) is 8.07. The molecule has 0 saturated heterocycles. The van der Waals surface area contributed by atoms with Gasteiger partial charge in [-0.3, -0.25) is 9.59 Å². The van der Waals surface area contributed by atoms with Crippen LogP contribution in [0.5, 0.6) is 0 Å². The monoisotopic (exact) mass is 248 g/mol. The van der Waals surface area contributed by atoms with Gasteiger partial charge in [0, 0.05) is 0 Å². The van der Waals surface area contributed by atoms with Gasteiger partial charge in [0.15, 0.2) is 0 Å². The van der Waals surface area contributed by atoms with Crippen molar-refractivity contribution in [3.8, 4) is 0 Å². The largest absolute Gasteiger partial charge is 0.480 e. The minimum Gasteiger partial charge on any atom is -0.480 e. The zero-order valence-corrected chi connectivity index (χ0v) is 10.9. The number of hydrogen-bond donors (Lipinski definition) is 1. The van der Waals surface area contributed by atoms with Gasteiger partial charge >= 0.3 is 11.9 Å². The molecular formula is C11H20O4S. The second-order valence-corrected chi connectivity index (χ2v) is 4.81. The molecule has 16 heavy (non-hydrogen) atoms. The number of carbonyl (C=O) groups is 2. The van der Waals surface area contributed by atoms with Crippen LogP contribution in [0.15, 0.2) is 0 Å². The highest BCUT2D eigenvalue weighted by Crippen LogP contribution is 2.25. The molecule has 5 heteroatoms. The third-order valence-corrected chi connectivity index (χ3v) is 3.70. The first-order valence-corrected chi connectivity index (χ1v) is 6.55. The van der Waals surface area contributed by atoms with Gasteiger partial charge in [-0.2, -0.15) is 0 Å². The van der Waals surface area contributed by atoms with Crippen LogP contribution in [-0.4, -0.2) is 34.2 Å². The van der Waals surface area contributed by atoms with E-state index < -0.39 is 11.2 Å². The Morgan fingerprint density at radius 3 is 2.25 bits per heavy atom. The number of esters is 1. The van der Waals surface area contributed by atoms with Gasteiger partial charge in [-0.05, 0) is 19.8 Å². The molecule has 0 aromatic carbocycles. The number of rotatable bonds is 8. The Labute approximate surface area is 101 Å². The van der Waals surface area contributed by atoms with E-state index in [4.69, 9.17) is 9.84 Å². The van der Waals surface area contributed by atoms with Crippen molar-refractivity contribution in [2.75, 3.05) is 6.61 Å².